The third kappa shape index (κ3) is 1.94. The van der Waals surface area contributed by atoms with Crippen LogP contribution in [0.3, 0.4) is 0 Å². The van der Waals surface area contributed by atoms with Crippen LogP contribution in [-0.4, -0.2) is 4.98 Å². The lowest BCUT2D eigenvalue weighted by Gasteiger charge is -2.07. The molecule has 18 heavy (non-hydrogen) atoms. The van der Waals surface area contributed by atoms with Gasteiger partial charge in [-0.3, -0.25) is 4.98 Å². The fourth-order valence-corrected chi connectivity index (χ4v) is 2.40. The van der Waals surface area contributed by atoms with Crippen LogP contribution in [0.25, 0.3) is 11.0 Å². The van der Waals surface area contributed by atoms with Gasteiger partial charge in [0.05, 0.1) is 10.5 Å². The third-order valence-corrected chi connectivity index (χ3v) is 3.51. The highest BCUT2D eigenvalue weighted by molar-refractivity contribution is 9.10. The van der Waals surface area contributed by atoms with Crippen LogP contribution in [0.1, 0.15) is 17.4 Å². The van der Waals surface area contributed by atoms with Crippen molar-refractivity contribution in [2.75, 3.05) is 0 Å². The van der Waals surface area contributed by atoms with E-state index >= 15 is 0 Å². The lowest BCUT2D eigenvalue weighted by molar-refractivity contribution is 0.524. The number of rotatable bonds is 2. The van der Waals surface area contributed by atoms with Crippen molar-refractivity contribution in [1.82, 2.24) is 4.98 Å². The molecule has 1 atom stereocenters. The molecule has 4 heteroatoms. The number of aromatic nitrogens is 1. The minimum Gasteiger partial charge on any atom is -0.458 e. The first-order chi connectivity index (χ1) is 8.75. The lowest BCUT2D eigenvalue weighted by Crippen LogP contribution is -2.10. The normalized spacial score (nSPS) is 12.8. The smallest absolute Gasteiger partial charge is 0.148 e. The van der Waals surface area contributed by atoms with Crippen LogP contribution in [0.4, 0.5) is 0 Å². The average Bonchev–Trinajstić information content (AvgIpc) is 2.84. The van der Waals surface area contributed by atoms with Gasteiger partial charge in [0.1, 0.15) is 11.3 Å². The number of halogens is 1. The standard InChI is InChI=1S/C14H11BrN2O/c15-11-3-1-2-10-8-12(18-14(10)11)13(16)9-4-6-17-7-5-9/h1-8,13H,16H2. The van der Waals surface area contributed by atoms with E-state index in [1.165, 1.54) is 0 Å². The molecule has 0 saturated heterocycles. The summed E-state index contributed by atoms with van der Waals surface area (Å²) in [6, 6.07) is 11.4. The Kier molecular flexibility index (Phi) is 2.89. The van der Waals surface area contributed by atoms with Crippen LogP contribution < -0.4 is 5.73 Å². The molecule has 3 nitrogen and oxygen atoms in total. The van der Waals surface area contributed by atoms with Crippen molar-refractivity contribution >= 4 is 26.9 Å². The molecule has 0 bridgehead atoms. The highest BCUT2D eigenvalue weighted by Crippen LogP contribution is 2.30. The summed E-state index contributed by atoms with van der Waals surface area (Å²) in [5, 5.41) is 1.05. The number of para-hydroxylation sites is 1. The molecule has 0 saturated carbocycles. The first-order valence-electron chi connectivity index (χ1n) is 5.59. The van der Waals surface area contributed by atoms with Crippen molar-refractivity contribution in [3.05, 3.63) is 64.6 Å². The van der Waals surface area contributed by atoms with Crippen LogP contribution in [0.2, 0.25) is 0 Å². The number of benzene rings is 1. The van der Waals surface area contributed by atoms with E-state index < -0.39 is 0 Å². The molecule has 0 aliphatic carbocycles. The van der Waals surface area contributed by atoms with Gasteiger partial charge in [0, 0.05) is 17.8 Å². The number of furan rings is 1. The summed E-state index contributed by atoms with van der Waals surface area (Å²) >= 11 is 3.47. The van der Waals surface area contributed by atoms with Gasteiger partial charge in [-0.1, -0.05) is 12.1 Å². The van der Waals surface area contributed by atoms with Gasteiger partial charge in [0.15, 0.2) is 0 Å². The van der Waals surface area contributed by atoms with Gasteiger partial charge in [0.2, 0.25) is 0 Å². The van der Waals surface area contributed by atoms with E-state index in [0.717, 1.165) is 26.8 Å². The highest BCUT2D eigenvalue weighted by atomic mass is 79.9. The molecule has 0 spiro atoms. The van der Waals surface area contributed by atoms with Crippen LogP contribution in [0, 0.1) is 0 Å². The molecule has 2 N–H and O–H groups in total. The summed E-state index contributed by atoms with van der Waals surface area (Å²) in [5.74, 6) is 0.753. The summed E-state index contributed by atoms with van der Waals surface area (Å²) in [5.41, 5.74) is 8.01. The van der Waals surface area contributed by atoms with E-state index in [0.29, 0.717) is 0 Å². The quantitative estimate of drug-likeness (QED) is 0.786. The van der Waals surface area contributed by atoms with Crippen molar-refractivity contribution in [3.63, 3.8) is 0 Å². The summed E-state index contributed by atoms with van der Waals surface area (Å²) in [4.78, 5) is 3.98. The van der Waals surface area contributed by atoms with Gasteiger partial charge in [-0.25, -0.2) is 0 Å². The highest BCUT2D eigenvalue weighted by Gasteiger charge is 2.14. The number of nitrogens with zero attached hydrogens (tertiary/aromatic N) is 1. The number of fused-ring (bicyclic) bond motifs is 1. The van der Waals surface area contributed by atoms with E-state index in [4.69, 9.17) is 10.2 Å². The van der Waals surface area contributed by atoms with Gasteiger partial charge < -0.3 is 10.2 Å². The minimum atomic E-state index is -0.271. The molecule has 0 amide bonds. The van der Waals surface area contributed by atoms with E-state index in [2.05, 4.69) is 20.9 Å². The molecule has 2 aromatic heterocycles. The molecule has 90 valence electrons. The largest absolute Gasteiger partial charge is 0.458 e. The van der Waals surface area contributed by atoms with E-state index in [9.17, 15) is 0 Å². The van der Waals surface area contributed by atoms with Gasteiger partial charge in [0.25, 0.3) is 0 Å². The summed E-state index contributed by atoms with van der Waals surface area (Å²) in [6.45, 7) is 0. The Balaban J connectivity index is 2.07. The van der Waals surface area contributed by atoms with Gasteiger partial charge in [-0.15, -0.1) is 0 Å². The predicted octanol–water partition coefficient (Wildman–Crippen LogP) is 3.64. The van der Waals surface area contributed by atoms with Crippen molar-refractivity contribution in [2.24, 2.45) is 5.73 Å². The second kappa shape index (κ2) is 4.55. The number of hydrogen-bond acceptors (Lipinski definition) is 3. The van der Waals surface area contributed by atoms with Crippen LogP contribution in [0.15, 0.2) is 57.7 Å². The fraction of sp³-hybridized carbons (Fsp3) is 0.0714. The Hall–Kier alpha value is -1.65. The molecule has 0 aliphatic rings. The predicted molar refractivity (Wildman–Crippen MR) is 74.2 cm³/mol. The second-order valence-electron chi connectivity index (χ2n) is 4.07. The van der Waals surface area contributed by atoms with Crippen molar-refractivity contribution in [3.8, 4) is 0 Å². The zero-order valence-electron chi connectivity index (χ0n) is 9.51. The molecule has 0 radical (unpaired) electrons. The molecule has 1 aromatic carbocycles. The fourth-order valence-electron chi connectivity index (χ4n) is 1.94. The molecule has 0 fully saturated rings. The van der Waals surface area contributed by atoms with Crippen molar-refractivity contribution in [2.45, 2.75) is 6.04 Å². The Morgan fingerprint density at radius 3 is 2.67 bits per heavy atom. The van der Waals surface area contributed by atoms with Gasteiger partial charge >= 0.3 is 0 Å². The topological polar surface area (TPSA) is 52.0 Å². The number of hydrogen-bond donors (Lipinski definition) is 1. The SMILES string of the molecule is NC(c1ccncc1)c1cc2cccc(Br)c2o1. The van der Waals surface area contributed by atoms with E-state index in [1.807, 2.05) is 36.4 Å². The first kappa shape index (κ1) is 11.4. The molecular formula is C14H11BrN2O. The van der Waals surface area contributed by atoms with E-state index in [1.54, 1.807) is 12.4 Å². The Bertz CT molecular complexity index is 679. The Labute approximate surface area is 113 Å². The number of nitrogens with two attached hydrogens (primary N) is 1. The van der Waals surface area contributed by atoms with Crippen LogP contribution in [0.5, 0.6) is 0 Å². The van der Waals surface area contributed by atoms with Gasteiger partial charge in [-0.2, -0.15) is 0 Å². The molecule has 3 aromatic rings. The zero-order valence-corrected chi connectivity index (χ0v) is 11.1. The summed E-state index contributed by atoms with van der Waals surface area (Å²) in [7, 11) is 0. The summed E-state index contributed by atoms with van der Waals surface area (Å²) < 4.78 is 6.76. The van der Waals surface area contributed by atoms with Gasteiger partial charge in [-0.05, 0) is 45.8 Å². The maximum absolute atomic E-state index is 6.19. The molecular weight excluding hydrogens is 292 g/mol. The lowest BCUT2D eigenvalue weighted by atomic mass is 10.1. The average molecular weight is 303 g/mol. The second-order valence-corrected chi connectivity index (χ2v) is 4.92. The molecule has 0 aliphatic heterocycles. The monoisotopic (exact) mass is 302 g/mol. The first-order valence-corrected chi connectivity index (χ1v) is 6.38. The van der Waals surface area contributed by atoms with Crippen LogP contribution >= 0.6 is 15.9 Å². The van der Waals surface area contributed by atoms with Crippen LogP contribution in [-0.2, 0) is 0 Å². The molecule has 2 heterocycles. The Morgan fingerprint density at radius 1 is 1.17 bits per heavy atom. The van der Waals surface area contributed by atoms with Crippen molar-refractivity contribution in [1.29, 1.82) is 0 Å². The van der Waals surface area contributed by atoms with Crippen molar-refractivity contribution < 1.29 is 4.42 Å². The summed E-state index contributed by atoms with van der Waals surface area (Å²) in [6.07, 6.45) is 3.46. The third-order valence-electron chi connectivity index (χ3n) is 2.89. The maximum Gasteiger partial charge on any atom is 0.148 e. The molecule has 1 unspecified atom stereocenters. The molecule has 3 rings (SSSR count). The number of pyridine rings is 1. The van der Waals surface area contributed by atoms with E-state index in [-0.39, 0.29) is 6.04 Å². The maximum atomic E-state index is 6.19. The Morgan fingerprint density at radius 2 is 1.94 bits per heavy atom. The zero-order chi connectivity index (χ0) is 12.5. The minimum absolute atomic E-state index is 0.271.